The van der Waals surface area contributed by atoms with E-state index in [-0.39, 0.29) is 12.7 Å². The van der Waals surface area contributed by atoms with Crippen LogP contribution in [0.1, 0.15) is 18.1 Å². The topological polar surface area (TPSA) is 44.7 Å². The van der Waals surface area contributed by atoms with Crippen LogP contribution in [0, 0.1) is 6.92 Å². The van der Waals surface area contributed by atoms with Crippen molar-refractivity contribution < 1.29 is 9.84 Å². The summed E-state index contributed by atoms with van der Waals surface area (Å²) in [6.07, 6.45) is -0.0763. The van der Waals surface area contributed by atoms with Gasteiger partial charge in [-0.1, -0.05) is 12.1 Å². The van der Waals surface area contributed by atoms with E-state index in [1.54, 1.807) is 0 Å². The van der Waals surface area contributed by atoms with E-state index in [1.807, 2.05) is 7.05 Å². The monoisotopic (exact) mass is 264 g/mol. The van der Waals surface area contributed by atoms with E-state index in [9.17, 15) is 5.11 Å². The molecule has 2 N–H and O–H groups in total. The second-order valence-electron chi connectivity index (χ2n) is 5.29. The largest absolute Gasteiger partial charge is 0.394 e. The smallest absolute Gasteiger partial charge is 0.0981 e. The minimum absolute atomic E-state index is 0.0763. The summed E-state index contributed by atoms with van der Waals surface area (Å²) < 4.78 is 5.59. The number of nitrogens with zero attached hydrogens (tertiary/aromatic N) is 1. The molecule has 0 bridgehead atoms. The van der Waals surface area contributed by atoms with Crippen molar-refractivity contribution in [3.05, 3.63) is 29.3 Å². The number of aliphatic hydroxyl groups is 1. The van der Waals surface area contributed by atoms with Crippen molar-refractivity contribution >= 4 is 5.69 Å². The zero-order valence-corrected chi connectivity index (χ0v) is 12.0. The van der Waals surface area contributed by atoms with E-state index in [0.717, 1.165) is 13.1 Å². The Balaban J connectivity index is 2.19. The third-order valence-electron chi connectivity index (χ3n) is 3.66. The van der Waals surface area contributed by atoms with Gasteiger partial charge in [-0.05, 0) is 38.1 Å². The number of ether oxygens (including phenoxy) is 1. The Bertz CT molecular complexity index is 423. The molecule has 2 atom stereocenters. The number of hydrogen-bond donors (Lipinski definition) is 2. The number of hydrogen-bond acceptors (Lipinski definition) is 4. The first-order valence-electron chi connectivity index (χ1n) is 6.89. The van der Waals surface area contributed by atoms with Crippen molar-refractivity contribution in [2.45, 2.75) is 32.5 Å². The van der Waals surface area contributed by atoms with Crippen LogP contribution in [0.25, 0.3) is 0 Å². The van der Waals surface area contributed by atoms with Crippen LogP contribution in [-0.2, 0) is 11.3 Å². The van der Waals surface area contributed by atoms with Gasteiger partial charge in [0, 0.05) is 24.8 Å². The maximum Gasteiger partial charge on any atom is 0.0981 e. The molecular formula is C15H24N2O2. The fraction of sp³-hybridized carbons (Fsp3) is 0.600. The number of aliphatic hydroxyl groups excluding tert-OH is 1. The van der Waals surface area contributed by atoms with Crippen LogP contribution in [0.15, 0.2) is 18.2 Å². The molecule has 1 aliphatic heterocycles. The fourth-order valence-corrected chi connectivity index (χ4v) is 2.62. The third kappa shape index (κ3) is 3.26. The lowest BCUT2D eigenvalue weighted by Crippen LogP contribution is -2.49. The molecule has 1 aromatic rings. The highest BCUT2D eigenvalue weighted by Gasteiger charge is 2.26. The highest BCUT2D eigenvalue weighted by molar-refractivity contribution is 5.55. The minimum Gasteiger partial charge on any atom is -0.394 e. The fourth-order valence-electron chi connectivity index (χ4n) is 2.62. The number of aryl methyl sites for hydroxylation is 1. The summed E-state index contributed by atoms with van der Waals surface area (Å²) in [6.45, 7) is 6.70. The van der Waals surface area contributed by atoms with Crippen molar-refractivity contribution in [3.8, 4) is 0 Å². The van der Waals surface area contributed by atoms with Crippen LogP contribution in [0.4, 0.5) is 5.69 Å². The summed E-state index contributed by atoms with van der Waals surface area (Å²) in [5.74, 6) is 0. The molecule has 19 heavy (non-hydrogen) atoms. The predicted molar refractivity (Wildman–Crippen MR) is 77.6 cm³/mol. The van der Waals surface area contributed by atoms with Gasteiger partial charge in [0.25, 0.3) is 0 Å². The maximum absolute atomic E-state index is 9.27. The molecule has 2 unspecified atom stereocenters. The molecule has 1 heterocycles. The molecule has 0 spiro atoms. The minimum atomic E-state index is -0.0763. The van der Waals surface area contributed by atoms with Gasteiger partial charge < -0.3 is 20.1 Å². The lowest BCUT2D eigenvalue weighted by molar-refractivity contribution is -0.0103. The Morgan fingerprint density at radius 3 is 2.89 bits per heavy atom. The summed E-state index contributed by atoms with van der Waals surface area (Å²) in [7, 11) is 1.96. The van der Waals surface area contributed by atoms with Gasteiger partial charge in [-0.3, -0.25) is 0 Å². The van der Waals surface area contributed by atoms with Gasteiger partial charge in [0.2, 0.25) is 0 Å². The maximum atomic E-state index is 9.27. The lowest BCUT2D eigenvalue weighted by Gasteiger charge is -2.40. The molecule has 0 saturated carbocycles. The number of benzene rings is 1. The van der Waals surface area contributed by atoms with Gasteiger partial charge >= 0.3 is 0 Å². The Hall–Kier alpha value is -1.10. The number of nitrogens with one attached hydrogen (secondary N) is 1. The highest BCUT2D eigenvalue weighted by atomic mass is 16.5. The van der Waals surface area contributed by atoms with Gasteiger partial charge in [0.1, 0.15) is 0 Å². The van der Waals surface area contributed by atoms with Crippen LogP contribution in [0.2, 0.25) is 0 Å². The summed E-state index contributed by atoms with van der Waals surface area (Å²) in [5, 5.41) is 12.4. The zero-order valence-electron chi connectivity index (χ0n) is 12.0. The number of anilines is 1. The Morgan fingerprint density at radius 1 is 1.47 bits per heavy atom. The standard InChI is InChI=1S/C15H24N2O2/c1-11-6-13(7-16-3)4-5-15(11)17-8-14(9-18)19-10-12(17)2/h4-6,12,14,16,18H,7-10H2,1-3H3. The quantitative estimate of drug-likeness (QED) is 0.860. The highest BCUT2D eigenvalue weighted by Crippen LogP contribution is 2.26. The second kappa shape index (κ2) is 6.37. The molecule has 1 aromatic carbocycles. The number of rotatable bonds is 4. The molecule has 106 valence electrons. The van der Waals surface area contributed by atoms with Crippen LogP contribution in [-0.4, -0.2) is 44.1 Å². The predicted octanol–water partition coefficient (Wildman–Crippen LogP) is 1.30. The summed E-state index contributed by atoms with van der Waals surface area (Å²) in [6, 6.07) is 6.91. The lowest BCUT2D eigenvalue weighted by atomic mass is 10.1. The van der Waals surface area contributed by atoms with E-state index in [2.05, 4.69) is 42.3 Å². The van der Waals surface area contributed by atoms with E-state index in [4.69, 9.17) is 4.74 Å². The van der Waals surface area contributed by atoms with Crippen LogP contribution >= 0.6 is 0 Å². The third-order valence-corrected chi connectivity index (χ3v) is 3.66. The van der Waals surface area contributed by atoms with Crippen molar-refractivity contribution in [3.63, 3.8) is 0 Å². The van der Waals surface area contributed by atoms with Crippen molar-refractivity contribution in [1.29, 1.82) is 0 Å². The second-order valence-corrected chi connectivity index (χ2v) is 5.29. The first-order chi connectivity index (χ1) is 9.15. The van der Waals surface area contributed by atoms with Gasteiger partial charge in [-0.15, -0.1) is 0 Å². The first kappa shape index (κ1) is 14.3. The van der Waals surface area contributed by atoms with Crippen LogP contribution in [0.3, 0.4) is 0 Å². The van der Waals surface area contributed by atoms with Crippen LogP contribution < -0.4 is 10.2 Å². The van der Waals surface area contributed by atoms with Gasteiger partial charge in [0.05, 0.1) is 19.3 Å². The molecule has 0 aromatic heterocycles. The van der Waals surface area contributed by atoms with E-state index in [1.165, 1.54) is 16.8 Å². The number of morpholine rings is 1. The molecule has 0 aliphatic carbocycles. The van der Waals surface area contributed by atoms with E-state index < -0.39 is 0 Å². The zero-order chi connectivity index (χ0) is 13.8. The van der Waals surface area contributed by atoms with E-state index in [0.29, 0.717) is 12.6 Å². The molecule has 1 fully saturated rings. The normalized spacial score (nSPS) is 23.7. The Labute approximate surface area is 115 Å². The molecule has 0 amide bonds. The average Bonchev–Trinajstić information content (AvgIpc) is 2.40. The summed E-state index contributed by atoms with van der Waals surface area (Å²) in [5.41, 5.74) is 3.82. The van der Waals surface area contributed by atoms with Crippen molar-refractivity contribution in [2.75, 3.05) is 31.7 Å². The van der Waals surface area contributed by atoms with Gasteiger partial charge in [-0.2, -0.15) is 0 Å². The molecule has 1 saturated heterocycles. The van der Waals surface area contributed by atoms with Crippen molar-refractivity contribution in [1.82, 2.24) is 5.32 Å². The summed E-state index contributed by atoms with van der Waals surface area (Å²) >= 11 is 0. The molecule has 4 nitrogen and oxygen atoms in total. The molecule has 4 heteroatoms. The Kier molecular flexibility index (Phi) is 4.80. The van der Waals surface area contributed by atoms with E-state index >= 15 is 0 Å². The molecule has 1 aliphatic rings. The molecule has 2 rings (SSSR count). The van der Waals surface area contributed by atoms with Crippen molar-refractivity contribution in [2.24, 2.45) is 0 Å². The Morgan fingerprint density at radius 2 is 2.26 bits per heavy atom. The average molecular weight is 264 g/mol. The van der Waals surface area contributed by atoms with Gasteiger partial charge in [-0.25, -0.2) is 0 Å². The van der Waals surface area contributed by atoms with Crippen LogP contribution in [0.5, 0.6) is 0 Å². The molecule has 0 radical (unpaired) electrons. The molecular weight excluding hydrogens is 240 g/mol. The first-order valence-corrected chi connectivity index (χ1v) is 6.89. The summed E-state index contributed by atoms with van der Waals surface area (Å²) in [4.78, 5) is 2.34. The SMILES string of the molecule is CNCc1ccc(N2CC(CO)OCC2C)c(C)c1. The van der Waals surface area contributed by atoms with Gasteiger partial charge in [0.15, 0.2) is 0 Å².